The molecule has 0 unspecified atom stereocenters. The second-order valence-electron chi connectivity index (χ2n) is 4.49. The van der Waals surface area contributed by atoms with Gasteiger partial charge in [-0.3, -0.25) is 14.4 Å². The largest absolute Gasteiger partial charge is 0.468 e. The Bertz CT molecular complexity index is 407. The number of esters is 3. The molecule has 0 aromatic carbocycles. The van der Waals surface area contributed by atoms with Crippen molar-refractivity contribution in [2.24, 2.45) is 5.41 Å². The number of hydrogen-bond acceptors (Lipinski definition) is 6. The fourth-order valence-corrected chi connectivity index (χ4v) is 2.47. The lowest BCUT2D eigenvalue weighted by atomic mass is 9.71. The van der Waals surface area contributed by atoms with Crippen LogP contribution >= 0.6 is 0 Å². The molecule has 1 aliphatic rings. The van der Waals surface area contributed by atoms with Crippen LogP contribution in [0, 0.1) is 5.41 Å². The van der Waals surface area contributed by atoms with Gasteiger partial charge in [0.05, 0.1) is 27.2 Å². The van der Waals surface area contributed by atoms with Crippen LogP contribution in [0.4, 0.5) is 0 Å². The lowest BCUT2D eigenvalue weighted by Gasteiger charge is -2.33. The van der Waals surface area contributed by atoms with E-state index in [4.69, 9.17) is 14.2 Å². The molecule has 20 heavy (non-hydrogen) atoms. The summed E-state index contributed by atoms with van der Waals surface area (Å²) in [6.07, 6.45) is 3.24. The van der Waals surface area contributed by atoms with Gasteiger partial charge in [-0.1, -0.05) is 6.08 Å². The quantitative estimate of drug-likeness (QED) is 0.328. The summed E-state index contributed by atoms with van der Waals surface area (Å²) in [5.41, 5.74) is -1.12. The van der Waals surface area contributed by atoms with Crippen molar-refractivity contribution in [3.05, 3.63) is 11.6 Å². The van der Waals surface area contributed by atoms with Crippen LogP contribution in [0.1, 0.15) is 32.6 Å². The average Bonchev–Trinajstić information content (AvgIpc) is 2.46. The smallest absolute Gasteiger partial charge is 0.327 e. The van der Waals surface area contributed by atoms with Crippen LogP contribution < -0.4 is 0 Å². The van der Waals surface area contributed by atoms with E-state index in [1.807, 2.05) is 0 Å². The van der Waals surface area contributed by atoms with Gasteiger partial charge < -0.3 is 14.2 Å². The van der Waals surface area contributed by atoms with Gasteiger partial charge in [-0.15, -0.1) is 0 Å². The van der Waals surface area contributed by atoms with Crippen molar-refractivity contribution in [2.75, 3.05) is 20.8 Å². The fourth-order valence-electron chi connectivity index (χ4n) is 2.47. The number of carbonyl (C=O) groups excluding carboxylic acids is 3. The monoisotopic (exact) mass is 284 g/mol. The molecule has 0 spiro atoms. The summed E-state index contributed by atoms with van der Waals surface area (Å²) in [4.78, 5) is 35.9. The molecule has 0 bridgehead atoms. The first kappa shape index (κ1) is 16.2. The second kappa shape index (κ2) is 7.07. The van der Waals surface area contributed by atoms with Crippen LogP contribution in [0.2, 0.25) is 0 Å². The molecule has 1 aliphatic carbocycles. The van der Waals surface area contributed by atoms with E-state index in [0.29, 0.717) is 18.4 Å². The van der Waals surface area contributed by atoms with Crippen molar-refractivity contribution in [3.8, 4) is 0 Å². The summed E-state index contributed by atoms with van der Waals surface area (Å²) < 4.78 is 14.4. The van der Waals surface area contributed by atoms with E-state index in [0.717, 1.165) is 0 Å². The Morgan fingerprint density at radius 3 is 2.30 bits per heavy atom. The molecular formula is C14H20O6. The van der Waals surface area contributed by atoms with E-state index in [-0.39, 0.29) is 19.4 Å². The third kappa shape index (κ3) is 3.00. The summed E-state index contributed by atoms with van der Waals surface area (Å²) in [6, 6.07) is 0. The Morgan fingerprint density at radius 2 is 1.80 bits per heavy atom. The highest BCUT2D eigenvalue weighted by atomic mass is 16.5. The highest BCUT2D eigenvalue weighted by Gasteiger charge is 2.52. The van der Waals surface area contributed by atoms with Crippen molar-refractivity contribution in [2.45, 2.75) is 32.6 Å². The Hall–Kier alpha value is -1.85. The summed E-state index contributed by atoms with van der Waals surface area (Å²) in [6.45, 7) is 1.94. The van der Waals surface area contributed by atoms with Crippen molar-refractivity contribution in [1.29, 1.82) is 0 Å². The Labute approximate surface area is 118 Å². The van der Waals surface area contributed by atoms with E-state index in [2.05, 4.69) is 0 Å². The third-order valence-corrected chi connectivity index (χ3v) is 3.40. The van der Waals surface area contributed by atoms with Crippen molar-refractivity contribution < 1.29 is 28.6 Å². The van der Waals surface area contributed by atoms with Gasteiger partial charge in [0.1, 0.15) is 0 Å². The normalized spacial score (nSPS) is 16.9. The molecule has 0 saturated carbocycles. The summed E-state index contributed by atoms with van der Waals surface area (Å²) in [7, 11) is 2.42. The molecule has 0 aromatic heterocycles. The summed E-state index contributed by atoms with van der Waals surface area (Å²) in [5, 5.41) is 0. The summed E-state index contributed by atoms with van der Waals surface area (Å²) in [5.74, 6) is -1.86. The molecular weight excluding hydrogens is 264 g/mol. The first-order chi connectivity index (χ1) is 9.52. The van der Waals surface area contributed by atoms with E-state index in [9.17, 15) is 14.4 Å². The Balaban J connectivity index is 3.14. The number of rotatable bonds is 5. The predicted octanol–water partition coefficient (Wildman–Crippen LogP) is 1.38. The molecule has 0 saturated heterocycles. The maximum Gasteiger partial charge on any atom is 0.327 e. The van der Waals surface area contributed by atoms with Crippen LogP contribution in [-0.4, -0.2) is 38.7 Å². The molecule has 0 aliphatic heterocycles. The van der Waals surface area contributed by atoms with Gasteiger partial charge in [0.15, 0.2) is 5.41 Å². The molecule has 6 nitrogen and oxygen atoms in total. The first-order valence-corrected chi connectivity index (χ1v) is 6.54. The maximum absolute atomic E-state index is 12.1. The van der Waals surface area contributed by atoms with Gasteiger partial charge in [0, 0.05) is 0 Å². The number of methoxy groups -OCH3 is 2. The van der Waals surface area contributed by atoms with Crippen LogP contribution in [0.15, 0.2) is 11.6 Å². The van der Waals surface area contributed by atoms with Crippen molar-refractivity contribution in [3.63, 3.8) is 0 Å². The highest BCUT2D eigenvalue weighted by Crippen LogP contribution is 2.41. The lowest BCUT2D eigenvalue weighted by Crippen LogP contribution is -2.44. The van der Waals surface area contributed by atoms with E-state index < -0.39 is 23.3 Å². The number of ether oxygens (including phenoxy) is 3. The van der Waals surface area contributed by atoms with Crippen LogP contribution in [0.5, 0.6) is 0 Å². The average molecular weight is 284 g/mol. The number of allylic oxidation sites excluding steroid dienone is 1. The van der Waals surface area contributed by atoms with E-state index in [1.54, 1.807) is 13.0 Å². The fraction of sp³-hybridized carbons (Fsp3) is 0.643. The zero-order valence-corrected chi connectivity index (χ0v) is 12.1. The van der Waals surface area contributed by atoms with Gasteiger partial charge in [-0.05, 0) is 31.8 Å². The minimum absolute atomic E-state index is 0.113. The molecule has 0 N–H and O–H groups in total. The van der Waals surface area contributed by atoms with Gasteiger partial charge in [0.2, 0.25) is 0 Å². The topological polar surface area (TPSA) is 78.9 Å². The molecule has 6 heteroatoms. The molecule has 0 atom stereocenters. The standard InChI is InChI=1S/C14H20O6/c1-4-20-11(15)9-10-7-5-6-8-14(10,12(16)18-2)13(17)19-3/h7H,4-6,8-9H2,1-3H3. The number of carbonyl (C=O) groups is 3. The molecule has 0 aromatic rings. The van der Waals surface area contributed by atoms with E-state index in [1.165, 1.54) is 14.2 Å². The first-order valence-electron chi connectivity index (χ1n) is 6.54. The van der Waals surface area contributed by atoms with Gasteiger partial charge in [0.25, 0.3) is 0 Å². The minimum Gasteiger partial charge on any atom is -0.468 e. The van der Waals surface area contributed by atoms with Crippen LogP contribution in [0.3, 0.4) is 0 Å². The predicted molar refractivity (Wildman–Crippen MR) is 69.6 cm³/mol. The molecule has 0 fully saturated rings. The Kier molecular flexibility index (Phi) is 5.73. The molecule has 0 heterocycles. The number of hydrogen-bond donors (Lipinski definition) is 0. The molecule has 0 radical (unpaired) electrons. The maximum atomic E-state index is 12.1. The summed E-state index contributed by atoms with van der Waals surface area (Å²) >= 11 is 0. The van der Waals surface area contributed by atoms with Crippen LogP contribution in [0.25, 0.3) is 0 Å². The Morgan fingerprint density at radius 1 is 1.20 bits per heavy atom. The molecule has 112 valence electrons. The second-order valence-corrected chi connectivity index (χ2v) is 4.49. The zero-order chi connectivity index (χ0) is 15.2. The van der Waals surface area contributed by atoms with E-state index >= 15 is 0 Å². The SMILES string of the molecule is CCOC(=O)CC1=CCCCC1(C(=O)OC)C(=O)OC. The van der Waals surface area contributed by atoms with Gasteiger partial charge in [-0.2, -0.15) is 0 Å². The minimum atomic E-state index is -1.52. The third-order valence-electron chi connectivity index (χ3n) is 3.40. The van der Waals surface area contributed by atoms with Crippen molar-refractivity contribution >= 4 is 17.9 Å². The van der Waals surface area contributed by atoms with Crippen LogP contribution in [-0.2, 0) is 28.6 Å². The van der Waals surface area contributed by atoms with Gasteiger partial charge in [-0.25, -0.2) is 0 Å². The lowest BCUT2D eigenvalue weighted by molar-refractivity contribution is -0.167. The zero-order valence-electron chi connectivity index (χ0n) is 12.1. The van der Waals surface area contributed by atoms with Gasteiger partial charge >= 0.3 is 17.9 Å². The molecule has 1 rings (SSSR count). The van der Waals surface area contributed by atoms with Crippen molar-refractivity contribution in [1.82, 2.24) is 0 Å². The molecule has 0 amide bonds. The highest BCUT2D eigenvalue weighted by molar-refractivity contribution is 6.04.